The van der Waals surface area contributed by atoms with Crippen molar-refractivity contribution in [2.75, 3.05) is 55.1 Å². The first-order valence-corrected chi connectivity index (χ1v) is 27.2. The molecule has 18 atom stereocenters. The van der Waals surface area contributed by atoms with Crippen LogP contribution < -0.4 is 5.53 Å². The summed E-state index contributed by atoms with van der Waals surface area (Å²) in [5.41, 5.74) is 3.49. The highest BCUT2D eigenvalue weighted by atomic mass is 19.1. The van der Waals surface area contributed by atoms with Crippen LogP contribution in [-0.4, -0.2) is 184 Å². The van der Waals surface area contributed by atoms with E-state index in [9.17, 15) is 20.1 Å². The number of halogens is 1. The maximum atomic E-state index is 15.1. The molecule has 6 rings (SSSR count). The molecule has 4 aliphatic heterocycles. The molecule has 4 N–H and O–H groups in total. The van der Waals surface area contributed by atoms with Gasteiger partial charge in [-0.2, -0.15) is 5.10 Å². The monoisotopic (exact) mass is 1040 g/mol. The summed E-state index contributed by atoms with van der Waals surface area (Å²) in [6.07, 6.45) is 4.31. The molecule has 0 saturated carbocycles. The zero-order valence-corrected chi connectivity index (χ0v) is 47.5. The third kappa shape index (κ3) is 13.9. The van der Waals surface area contributed by atoms with Gasteiger partial charge < -0.3 is 53.5 Å². The summed E-state index contributed by atoms with van der Waals surface area (Å²) in [6, 6.07) is 6.89. The third-order valence-corrected chi connectivity index (χ3v) is 17.2. The van der Waals surface area contributed by atoms with Crippen molar-refractivity contribution in [3.05, 3.63) is 54.1 Å². The molecule has 0 radical (unpaired) electrons. The number of nitrogens with one attached hydrogen (secondary N) is 1. The summed E-state index contributed by atoms with van der Waals surface area (Å²) in [6.45, 7) is 19.7. The number of ether oxygens (including phenoxy) is 6. The van der Waals surface area contributed by atoms with Crippen LogP contribution in [0.5, 0.6) is 0 Å². The maximum Gasteiger partial charge on any atom is 0.309 e. The summed E-state index contributed by atoms with van der Waals surface area (Å²) < 4.78 is 55.8. The number of methoxy groups -OCH3 is 2. The summed E-state index contributed by atoms with van der Waals surface area (Å²) >= 11 is 0. The van der Waals surface area contributed by atoms with Crippen LogP contribution in [0, 0.1) is 23.7 Å². The summed E-state index contributed by atoms with van der Waals surface area (Å²) in [4.78, 5) is 19.0. The number of carbonyl (C=O) groups is 1. The van der Waals surface area contributed by atoms with Crippen molar-refractivity contribution in [3.8, 4) is 11.1 Å². The van der Waals surface area contributed by atoms with Gasteiger partial charge in [0.2, 0.25) is 0 Å². The van der Waals surface area contributed by atoms with Crippen LogP contribution >= 0.6 is 0 Å². The minimum absolute atomic E-state index is 0.0580. The highest BCUT2D eigenvalue weighted by Gasteiger charge is 2.53. The van der Waals surface area contributed by atoms with E-state index < -0.39 is 96.1 Å². The number of aryl methyl sites for hydroxylation is 1. The van der Waals surface area contributed by atoms with Crippen LogP contribution in [0.3, 0.4) is 0 Å². The van der Waals surface area contributed by atoms with Gasteiger partial charge in [-0.15, -0.1) is 5.53 Å². The predicted octanol–water partition coefficient (Wildman–Crippen LogP) is 6.63. The molecule has 18 heteroatoms. The van der Waals surface area contributed by atoms with Gasteiger partial charge in [0.25, 0.3) is 0 Å². The number of aliphatic hydroxyl groups is 3. The second-order valence-electron chi connectivity index (χ2n) is 23.5. The number of likely N-dealkylation sites (N-methyl/N-ethyl adjacent to an activating group) is 1. The smallest absolute Gasteiger partial charge is 0.309 e. The molecule has 0 bridgehead atoms. The predicted molar refractivity (Wildman–Crippen MR) is 283 cm³/mol. The van der Waals surface area contributed by atoms with Crippen LogP contribution in [0.2, 0.25) is 0 Å². The molecule has 17 nitrogen and oxygen atoms in total. The molecule has 74 heavy (non-hydrogen) atoms. The second-order valence-corrected chi connectivity index (χ2v) is 23.5. The van der Waals surface area contributed by atoms with Gasteiger partial charge in [0, 0.05) is 109 Å². The maximum absolute atomic E-state index is 15.1. The first kappa shape index (κ1) is 60.0. The van der Waals surface area contributed by atoms with Gasteiger partial charge in [0.15, 0.2) is 6.29 Å². The number of aliphatic hydroxyl groups excluding tert-OH is 1. The van der Waals surface area contributed by atoms with Crippen molar-refractivity contribution < 1.29 is 52.9 Å². The summed E-state index contributed by atoms with van der Waals surface area (Å²) in [7, 11) is 11.1. The van der Waals surface area contributed by atoms with E-state index in [0.717, 1.165) is 28.8 Å². The van der Waals surface area contributed by atoms with Crippen molar-refractivity contribution in [3.63, 3.8) is 0 Å². The van der Waals surface area contributed by atoms with Gasteiger partial charge in [-0.05, 0) is 97.9 Å². The van der Waals surface area contributed by atoms with Crippen LogP contribution in [0.4, 0.5) is 4.39 Å². The Morgan fingerprint density at radius 3 is 2.26 bits per heavy atom. The number of alkyl halides is 1. The lowest BCUT2D eigenvalue weighted by Crippen LogP contribution is -2.59. The Bertz CT molecular complexity index is 2130. The van der Waals surface area contributed by atoms with Crippen LogP contribution in [0.25, 0.3) is 11.1 Å². The van der Waals surface area contributed by atoms with Crippen molar-refractivity contribution in [1.29, 1.82) is 0 Å². The molecular weight excluding hydrogens is 950 g/mol. The second kappa shape index (κ2) is 25.0. The summed E-state index contributed by atoms with van der Waals surface area (Å²) in [5.74, 6) is -2.42. The number of cyclic esters (lactones) is 1. The molecule has 0 amide bonds. The average molecular weight is 1040 g/mol. The minimum atomic E-state index is -1.76. The highest BCUT2D eigenvalue weighted by molar-refractivity contribution is 5.73. The topological polar surface area (TPSA) is 176 Å². The van der Waals surface area contributed by atoms with Gasteiger partial charge >= 0.3 is 5.97 Å². The zero-order chi connectivity index (χ0) is 54.6. The average Bonchev–Trinajstić information content (AvgIpc) is 3.95. The van der Waals surface area contributed by atoms with Gasteiger partial charge in [-0.25, -0.2) is 4.39 Å². The normalized spacial score (nSPS) is 38.3. The molecule has 1 unspecified atom stereocenters. The number of nitrogens with zero attached hydrogens (tertiary/aromatic N) is 6. The Kier molecular flexibility index (Phi) is 20.3. The quantitative estimate of drug-likeness (QED) is 0.140. The van der Waals surface area contributed by atoms with E-state index in [4.69, 9.17) is 28.4 Å². The molecule has 4 aliphatic rings. The molecule has 3 saturated heterocycles. The molecule has 0 spiro atoms. The molecular formula is C56H94FN7O10. The first-order chi connectivity index (χ1) is 34.8. The highest BCUT2D eigenvalue weighted by Crippen LogP contribution is 2.45. The number of benzene rings is 1. The van der Waals surface area contributed by atoms with E-state index >= 15 is 4.39 Å². The fourth-order valence-electron chi connectivity index (χ4n) is 12.9. The Morgan fingerprint density at radius 2 is 1.65 bits per heavy atom. The standard InChI is InChI=1S/C56H94FN7O10/c1-17-47-56(10,68)51(65)39(7)61(12)31-34(2)26-55(9,67)52(37(5)49(38(6)53(66)73-47)46-28-54(8,70-16)27-36(4)71-46)74-48-25-44(24-35(3)72-48)60(11)23-22-43-33-64(59-63(43)14)45(29-57)50(69-15)41-20-18-40(19-21-41)42-30-58-62(13)32-42/h18-21,30,32-39,44-52,59,65,67-68H,17,22-29,31H2,1-16H3/t34-,35-,36+,37+,38-,39-,44+,45-,46?,47-,48+,49+,50-,51-,52-,54+,55-,56-/m1/s1. The van der Waals surface area contributed by atoms with Crippen LogP contribution in [0.1, 0.15) is 126 Å². The summed E-state index contributed by atoms with van der Waals surface area (Å²) in [5, 5.41) is 44.7. The molecule has 2 aromatic rings. The molecule has 1 aromatic carbocycles. The number of rotatable bonds is 15. The Labute approximate surface area is 441 Å². The number of aromatic nitrogens is 2. The number of hydrogen-bond acceptors (Lipinski definition) is 16. The Morgan fingerprint density at radius 1 is 0.959 bits per heavy atom. The first-order valence-electron chi connectivity index (χ1n) is 27.2. The molecule has 3 fully saturated rings. The van der Waals surface area contributed by atoms with Gasteiger partial charge in [-0.3, -0.25) is 19.5 Å². The van der Waals surface area contributed by atoms with Crippen molar-refractivity contribution in [2.45, 2.75) is 198 Å². The fraction of sp³-hybridized carbons (Fsp3) is 0.786. The number of hydrogen-bond donors (Lipinski definition) is 4. The number of esters is 1. The SMILES string of the molecule is CC[C@H]1OC(=O)[C@H](C)[C@@H](C2C[C@@](C)(OC)C[C@H](C)O2)[C@H](C)[C@@H](O[C@H]2C[C@@H](N(C)CCC3=CN([C@H](CF)[C@H](OC)c4ccc(-c5cnn(C)c5)cc4)NN3C)C[C@@H](C)O2)[C@](C)(O)C[C@@H](C)CN(C)[C@H](C)[C@@H](O)[C@]1(C)O. The lowest BCUT2D eigenvalue weighted by atomic mass is 9.69. The third-order valence-electron chi connectivity index (χ3n) is 17.2. The lowest BCUT2D eigenvalue weighted by molar-refractivity contribution is -0.271. The van der Waals surface area contributed by atoms with Crippen molar-refractivity contribution in [2.24, 2.45) is 30.7 Å². The molecule has 1 aromatic heterocycles. The van der Waals surface area contributed by atoms with Gasteiger partial charge in [0.05, 0.1) is 47.7 Å². The van der Waals surface area contributed by atoms with E-state index in [0.29, 0.717) is 45.2 Å². The number of hydrazine groups is 2. The van der Waals surface area contributed by atoms with Crippen LogP contribution in [-0.2, 0) is 40.3 Å². The lowest BCUT2D eigenvalue weighted by Gasteiger charge is -2.50. The molecule has 420 valence electrons. The van der Waals surface area contributed by atoms with Crippen molar-refractivity contribution >= 4 is 5.97 Å². The van der Waals surface area contributed by atoms with E-state index in [1.54, 1.807) is 30.8 Å². The Balaban J connectivity index is 1.23. The fourth-order valence-corrected chi connectivity index (χ4v) is 12.9. The minimum Gasteiger partial charge on any atom is -0.459 e. The van der Waals surface area contributed by atoms with Gasteiger partial charge in [-0.1, -0.05) is 52.0 Å². The zero-order valence-electron chi connectivity index (χ0n) is 47.5. The molecule has 5 heterocycles. The van der Waals surface area contributed by atoms with E-state index in [1.807, 2.05) is 115 Å². The van der Waals surface area contributed by atoms with Crippen molar-refractivity contribution in [1.82, 2.24) is 35.1 Å². The largest absolute Gasteiger partial charge is 0.459 e. The Hall–Kier alpha value is -3.27. The molecule has 0 aliphatic carbocycles. The van der Waals surface area contributed by atoms with E-state index in [1.165, 1.54) is 0 Å². The van der Waals surface area contributed by atoms with Gasteiger partial charge in [0.1, 0.15) is 36.6 Å². The van der Waals surface area contributed by atoms with E-state index in [2.05, 4.69) is 43.4 Å². The number of carbonyl (C=O) groups excluding carboxylic acids is 1. The van der Waals surface area contributed by atoms with Crippen LogP contribution in [0.15, 0.2) is 48.6 Å². The van der Waals surface area contributed by atoms with E-state index in [-0.39, 0.29) is 30.6 Å².